The highest BCUT2D eigenvalue weighted by Gasteiger charge is 2.12. The Morgan fingerprint density at radius 1 is 0.560 bits per heavy atom. The minimum Gasteiger partial charge on any atom is -0.356 e. The molecule has 0 aromatic heterocycles. The van der Waals surface area contributed by atoms with E-state index < -0.39 is 0 Å². The summed E-state index contributed by atoms with van der Waals surface area (Å²) < 4.78 is 0. The first kappa shape index (κ1) is 15.3. The molecule has 0 amide bonds. The zero-order valence-electron chi connectivity index (χ0n) is 13.9. The van der Waals surface area contributed by atoms with Gasteiger partial charge in [-0.2, -0.15) is 0 Å². The van der Waals surface area contributed by atoms with Crippen LogP contribution in [-0.2, 0) is 0 Å². The summed E-state index contributed by atoms with van der Waals surface area (Å²) in [4.78, 5) is 6.51. The van der Waals surface area contributed by atoms with E-state index in [1.54, 1.807) is 0 Å². The number of anilines is 4. The maximum Gasteiger partial charge on any atom is 0.348 e. The molecule has 7 nitrogen and oxygen atoms in total. The topological polar surface area (TPSA) is 88.1 Å². The molecule has 0 saturated carbocycles. The highest BCUT2D eigenvalue weighted by Crippen LogP contribution is 2.20. The molecular weight excluding hydrogens is 314 g/mol. The van der Waals surface area contributed by atoms with E-state index in [1.165, 1.54) is 0 Å². The molecule has 2 heterocycles. The maximum atomic E-state index is 3.41. The van der Waals surface area contributed by atoms with Crippen molar-refractivity contribution in [3.8, 4) is 0 Å². The molecule has 0 aliphatic carbocycles. The van der Waals surface area contributed by atoms with E-state index in [1.807, 2.05) is 0 Å². The summed E-state index contributed by atoms with van der Waals surface area (Å²) in [6, 6.07) is 16.5. The molecule has 2 aliphatic rings. The first-order valence-corrected chi connectivity index (χ1v) is 8.56. The van der Waals surface area contributed by atoms with Gasteiger partial charge in [0.15, 0.2) is 0 Å². The Morgan fingerprint density at radius 3 is 1.24 bits per heavy atom. The van der Waals surface area contributed by atoms with Crippen LogP contribution in [0.15, 0.2) is 48.5 Å². The smallest absolute Gasteiger partial charge is 0.348 e. The molecular formula is C18H23N7+2. The maximum absolute atomic E-state index is 3.41. The Balaban J connectivity index is 1.34. The van der Waals surface area contributed by atoms with Gasteiger partial charge in [0, 0.05) is 11.4 Å². The Kier molecular flexibility index (Phi) is 4.37. The standard InChI is InChI=1S/C18H21N7/c1-5-15(24-17-19-9-10-20-17)6-2-13(1)23-14-3-7-16(8-4-14)25-18-21-11-12-22-18/h1-8,23H,9-12H2,(H2,19,20,24)(H2,21,22,25)/p+2. The highest BCUT2D eigenvalue weighted by atomic mass is 15.2. The van der Waals surface area contributed by atoms with Crippen molar-refractivity contribution in [3.05, 3.63) is 48.5 Å². The largest absolute Gasteiger partial charge is 0.356 e. The molecule has 128 valence electrons. The molecule has 0 bridgehead atoms. The number of hydrogen-bond acceptors (Lipinski definition) is 5. The minimum absolute atomic E-state index is 0.957. The van der Waals surface area contributed by atoms with Crippen LogP contribution in [0.4, 0.5) is 22.7 Å². The van der Waals surface area contributed by atoms with E-state index in [2.05, 4.69) is 85.1 Å². The van der Waals surface area contributed by atoms with Crippen LogP contribution in [0, 0.1) is 0 Å². The molecule has 0 radical (unpaired) electrons. The quantitative estimate of drug-likeness (QED) is 0.363. The monoisotopic (exact) mass is 337 g/mol. The molecule has 0 spiro atoms. The fourth-order valence-corrected chi connectivity index (χ4v) is 2.78. The molecule has 2 aromatic rings. The second-order valence-electron chi connectivity index (χ2n) is 5.99. The van der Waals surface area contributed by atoms with Crippen LogP contribution in [0.2, 0.25) is 0 Å². The Hall–Kier alpha value is -3.22. The lowest BCUT2D eigenvalue weighted by Gasteiger charge is -2.08. The molecule has 7 heteroatoms. The number of hydrogen-bond donors (Lipinski definition) is 7. The third-order valence-electron chi connectivity index (χ3n) is 4.05. The predicted molar refractivity (Wildman–Crippen MR) is 101 cm³/mol. The van der Waals surface area contributed by atoms with Gasteiger partial charge in [-0.1, -0.05) is 0 Å². The van der Waals surface area contributed by atoms with Crippen molar-refractivity contribution in [1.29, 1.82) is 0 Å². The molecule has 0 unspecified atom stereocenters. The number of guanidine groups is 2. The van der Waals surface area contributed by atoms with Gasteiger partial charge in [0.25, 0.3) is 0 Å². The average Bonchev–Trinajstić information content (AvgIpc) is 3.33. The van der Waals surface area contributed by atoms with Gasteiger partial charge in [-0.15, -0.1) is 0 Å². The normalized spacial score (nSPS) is 15.7. The highest BCUT2D eigenvalue weighted by molar-refractivity contribution is 5.90. The molecule has 0 saturated heterocycles. The SMILES string of the molecule is c1cc(Nc2ccc(NC3=[NH+]CCN3)cc2)ccc1NC1=[NH+]CCN1. The summed E-state index contributed by atoms with van der Waals surface area (Å²) >= 11 is 0. The van der Waals surface area contributed by atoms with Gasteiger partial charge in [-0.3, -0.25) is 20.6 Å². The molecule has 25 heavy (non-hydrogen) atoms. The van der Waals surface area contributed by atoms with E-state index in [0.717, 1.165) is 60.8 Å². The lowest BCUT2D eigenvalue weighted by atomic mass is 10.2. The first-order chi connectivity index (χ1) is 12.3. The second kappa shape index (κ2) is 7.12. The van der Waals surface area contributed by atoms with E-state index in [0.29, 0.717) is 0 Å². The Morgan fingerprint density at radius 2 is 0.920 bits per heavy atom. The number of benzene rings is 2. The minimum atomic E-state index is 0.957. The molecule has 2 aromatic carbocycles. The number of nitrogens with one attached hydrogen (secondary N) is 7. The molecule has 0 fully saturated rings. The zero-order valence-corrected chi connectivity index (χ0v) is 13.9. The summed E-state index contributed by atoms with van der Waals surface area (Å²) in [6.07, 6.45) is 0. The van der Waals surface area contributed by atoms with Gasteiger partial charge in [-0.05, 0) is 48.5 Å². The summed E-state index contributed by atoms with van der Waals surface area (Å²) in [5.41, 5.74) is 4.21. The molecule has 7 N–H and O–H groups in total. The summed E-state index contributed by atoms with van der Waals surface area (Å²) in [7, 11) is 0. The van der Waals surface area contributed by atoms with Gasteiger partial charge in [0.1, 0.15) is 0 Å². The van der Waals surface area contributed by atoms with E-state index in [4.69, 9.17) is 0 Å². The lowest BCUT2D eigenvalue weighted by molar-refractivity contribution is -0.444. The Bertz CT molecular complexity index is 711. The van der Waals surface area contributed by atoms with Crippen molar-refractivity contribution in [3.63, 3.8) is 0 Å². The van der Waals surface area contributed by atoms with Crippen molar-refractivity contribution in [2.75, 3.05) is 42.1 Å². The van der Waals surface area contributed by atoms with Crippen LogP contribution < -0.4 is 36.6 Å². The van der Waals surface area contributed by atoms with E-state index in [9.17, 15) is 0 Å². The van der Waals surface area contributed by atoms with Gasteiger partial charge in [0.05, 0.1) is 37.6 Å². The van der Waals surface area contributed by atoms with E-state index >= 15 is 0 Å². The van der Waals surface area contributed by atoms with Crippen molar-refractivity contribution >= 4 is 34.7 Å². The molecule has 0 atom stereocenters. The van der Waals surface area contributed by atoms with Crippen molar-refractivity contribution in [2.24, 2.45) is 0 Å². The predicted octanol–water partition coefficient (Wildman–Crippen LogP) is -1.67. The average molecular weight is 337 g/mol. The second-order valence-corrected chi connectivity index (χ2v) is 5.99. The van der Waals surface area contributed by atoms with Gasteiger partial charge in [-0.25, -0.2) is 10.6 Å². The van der Waals surface area contributed by atoms with Crippen LogP contribution in [0.25, 0.3) is 0 Å². The Labute approximate surface area is 146 Å². The summed E-state index contributed by atoms with van der Waals surface area (Å²) in [5, 5.41) is 16.6. The van der Waals surface area contributed by atoms with Gasteiger partial charge in [0.2, 0.25) is 0 Å². The van der Waals surface area contributed by atoms with Crippen molar-refractivity contribution in [2.45, 2.75) is 0 Å². The molecule has 2 aliphatic heterocycles. The number of rotatable bonds is 4. The van der Waals surface area contributed by atoms with Crippen molar-refractivity contribution < 1.29 is 9.98 Å². The summed E-state index contributed by atoms with van der Waals surface area (Å²) in [6.45, 7) is 3.83. The zero-order chi connectivity index (χ0) is 16.9. The first-order valence-electron chi connectivity index (χ1n) is 8.56. The fraction of sp³-hybridized carbons (Fsp3) is 0.222. The third kappa shape index (κ3) is 4.00. The third-order valence-corrected chi connectivity index (χ3v) is 4.05. The van der Waals surface area contributed by atoms with Crippen LogP contribution in [0.5, 0.6) is 0 Å². The van der Waals surface area contributed by atoms with Crippen molar-refractivity contribution in [1.82, 2.24) is 10.6 Å². The van der Waals surface area contributed by atoms with Crippen LogP contribution in [0.1, 0.15) is 0 Å². The van der Waals surface area contributed by atoms with Gasteiger partial charge < -0.3 is 5.32 Å². The fourth-order valence-electron chi connectivity index (χ4n) is 2.78. The van der Waals surface area contributed by atoms with Crippen LogP contribution >= 0.6 is 0 Å². The summed E-state index contributed by atoms with van der Waals surface area (Å²) in [5.74, 6) is 1.93. The van der Waals surface area contributed by atoms with E-state index in [-0.39, 0.29) is 0 Å². The molecule has 4 rings (SSSR count). The lowest BCUT2D eigenvalue weighted by Crippen LogP contribution is -2.72. The van der Waals surface area contributed by atoms with Crippen LogP contribution in [-0.4, -0.2) is 38.1 Å². The van der Waals surface area contributed by atoms with Crippen LogP contribution in [0.3, 0.4) is 0 Å². The van der Waals surface area contributed by atoms with Gasteiger partial charge >= 0.3 is 11.9 Å².